The Morgan fingerprint density at radius 1 is 0.850 bits per heavy atom. The number of amidine groups is 1. The molecule has 3 aromatic rings. The molecule has 96 valence electrons. The number of hydrogen-bond acceptors (Lipinski definition) is 3. The van der Waals surface area contributed by atoms with Crippen LogP contribution in [-0.2, 0) is 0 Å². The van der Waals surface area contributed by atoms with E-state index in [4.69, 9.17) is 0 Å². The number of aliphatic imine (C=N–C) groups is 1. The van der Waals surface area contributed by atoms with Crippen LogP contribution in [0.1, 0.15) is 5.56 Å². The van der Waals surface area contributed by atoms with Crippen LogP contribution in [-0.4, -0.2) is 10.9 Å². The minimum Gasteiger partial charge on any atom is -0.508 e. The fourth-order valence-electron chi connectivity index (χ4n) is 2.57. The van der Waals surface area contributed by atoms with Crippen molar-refractivity contribution in [2.75, 3.05) is 5.32 Å². The molecule has 0 amide bonds. The summed E-state index contributed by atoms with van der Waals surface area (Å²) in [5.74, 6) is 1.11. The Balaban J connectivity index is 1.79. The molecular formula is C17H12N2O. The first-order chi connectivity index (χ1) is 9.81. The second-order valence-corrected chi connectivity index (χ2v) is 4.81. The molecule has 20 heavy (non-hydrogen) atoms. The van der Waals surface area contributed by atoms with Crippen LogP contribution in [0.25, 0.3) is 10.8 Å². The Morgan fingerprint density at radius 2 is 1.60 bits per heavy atom. The predicted octanol–water partition coefficient (Wildman–Crippen LogP) is 4.05. The van der Waals surface area contributed by atoms with Gasteiger partial charge in [0.1, 0.15) is 11.6 Å². The lowest BCUT2D eigenvalue weighted by molar-refractivity contribution is 0.475. The highest BCUT2D eigenvalue weighted by Crippen LogP contribution is 2.35. The van der Waals surface area contributed by atoms with Crippen LogP contribution in [0.4, 0.5) is 11.4 Å². The molecule has 0 atom stereocenters. The number of phenolic OH excluding ortho intramolecular Hbond substituents is 1. The van der Waals surface area contributed by atoms with Crippen molar-refractivity contribution in [3.63, 3.8) is 0 Å². The van der Waals surface area contributed by atoms with Gasteiger partial charge in [0.15, 0.2) is 0 Å². The SMILES string of the molecule is Oc1ccc(NC2=Nc3cccc4cccc2c34)cc1. The van der Waals surface area contributed by atoms with Crippen LogP contribution >= 0.6 is 0 Å². The van der Waals surface area contributed by atoms with Gasteiger partial charge in [0.25, 0.3) is 0 Å². The molecule has 0 bridgehead atoms. The highest BCUT2D eigenvalue weighted by Gasteiger charge is 2.17. The molecule has 0 aromatic heterocycles. The molecule has 0 radical (unpaired) electrons. The van der Waals surface area contributed by atoms with Gasteiger partial charge in [0.2, 0.25) is 0 Å². The van der Waals surface area contributed by atoms with Crippen molar-refractivity contribution < 1.29 is 5.11 Å². The van der Waals surface area contributed by atoms with Crippen LogP contribution < -0.4 is 5.32 Å². The smallest absolute Gasteiger partial charge is 0.139 e. The number of benzene rings is 3. The minimum absolute atomic E-state index is 0.259. The molecule has 0 unspecified atom stereocenters. The summed E-state index contributed by atoms with van der Waals surface area (Å²) in [6, 6.07) is 19.3. The van der Waals surface area contributed by atoms with E-state index >= 15 is 0 Å². The van der Waals surface area contributed by atoms with E-state index in [2.05, 4.69) is 28.5 Å². The summed E-state index contributed by atoms with van der Waals surface area (Å²) in [4.78, 5) is 4.66. The van der Waals surface area contributed by atoms with Crippen LogP contribution in [0.5, 0.6) is 5.75 Å². The molecule has 3 aromatic carbocycles. The van der Waals surface area contributed by atoms with Gasteiger partial charge in [-0.1, -0.05) is 30.3 Å². The number of rotatable bonds is 1. The lowest BCUT2D eigenvalue weighted by Crippen LogP contribution is -2.10. The highest BCUT2D eigenvalue weighted by atomic mass is 16.3. The normalized spacial score (nSPS) is 12.5. The number of phenols is 1. The number of nitrogens with one attached hydrogen (secondary N) is 1. The predicted molar refractivity (Wildman–Crippen MR) is 81.9 cm³/mol. The van der Waals surface area contributed by atoms with Crippen molar-refractivity contribution in [1.29, 1.82) is 0 Å². The van der Waals surface area contributed by atoms with Gasteiger partial charge >= 0.3 is 0 Å². The van der Waals surface area contributed by atoms with Crippen LogP contribution in [0, 0.1) is 0 Å². The van der Waals surface area contributed by atoms with E-state index < -0.39 is 0 Å². The Kier molecular flexibility index (Phi) is 2.27. The molecule has 0 spiro atoms. The first kappa shape index (κ1) is 11.1. The summed E-state index contributed by atoms with van der Waals surface area (Å²) >= 11 is 0. The topological polar surface area (TPSA) is 44.6 Å². The Hall–Kier alpha value is -2.81. The van der Waals surface area contributed by atoms with Crippen molar-refractivity contribution in [3.05, 3.63) is 66.2 Å². The lowest BCUT2D eigenvalue weighted by Gasteiger charge is -2.07. The van der Waals surface area contributed by atoms with E-state index in [1.165, 1.54) is 10.8 Å². The maximum atomic E-state index is 9.32. The van der Waals surface area contributed by atoms with E-state index in [1.807, 2.05) is 30.3 Å². The average molecular weight is 260 g/mol. The molecule has 2 N–H and O–H groups in total. The van der Waals surface area contributed by atoms with Gasteiger partial charge in [0.05, 0.1) is 5.69 Å². The maximum absolute atomic E-state index is 9.32. The standard InChI is InChI=1S/C17H12N2O/c20-13-9-7-12(8-10-13)18-17-14-5-1-3-11-4-2-6-15(19-17)16(11)14/h1-10,20H,(H,18,19). The summed E-state index contributed by atoms with van der Waals surface area (Å²) in [7, 11) is 0. The molecule has 1 heterocycles. The molecule has 0 saturated carbocycles. The zero-order valence-corrected chi connectivity index (χ0v) is 10.7. The first-order valence-corrected chi connectivity index (χ1v) is 6.48. The van der Waals surface area contributed by atoms with Gasteiger partial charge < -0.3 is 10.4 Å². The monoisotopic (exact) mass is 260 g/mol. The molecule has 0 saturated heterocycles. The Bertz CT molecular complexity index is 830. The Morgan fingerprint density at radius 3 is 2.40 bits per heavy atom. The summed E-state index contributed by atoms with van der Waals surface area (Å²) < 4.78 is 0. The Labute approximate surface area is 116 Å². The lowest BCUT2D eigenvalue weighted by atomic mass is 10.0. The molecule has 0 aliphatic carbocycles. The van der Waals surface area contributed by atoms with Gasteiger partial charge in [-0.2, -0.15) is 0 Å². The quantitative estimate of drug-likeness (QED) is 0.648. The second kappa shape index (κ2) is 4.10. The maximum Gasteiger partial charge on any atom is 0.139 e. The molecule has 4 rings (SSSR count). The van der Waals surface area contributed by atoms with Crippen molar-refractivity contribution >= 4 is 28.0 Å². The van der Waals surface area contributed by atoms with E-state index in [-0.39, 0.29) is 5.75 Å². The molecule has 1 aliphatic heterocycles. The number of hydrogen-bond donors (Lipinski definition) is 2. The van der Waals surface area contributed by atoms with Gasteiger partial charge in [-0.3, -0.25) is 0 Å². The van der Waals surface area contributed by atoms with Gasteiger partial charge in [-0.25, -0.2) is 4.99 Å². The van der Waals surface area contributed by atoms with Gasteiger partial charge in [-0.15, -0.1) is 0 Å². The third-order valence-corrected chi connectivity index (χ3v) is 3.50. The molecule has 0 fully saturated rings. The first-order valence-electron chi connectivity index (χ1n) is 6.48. The van der Waals surface area contributed by atoms with Crippen LogP contribution in [0.15, 0.2) is 65.7 Å². The highest BCUT2D eigenvalue weighted by molar-refractivity contribution is 6.23. The van der Waals surface area contributed by atoms with Crippen LogP contribution in [0.2, 0.25) is 0 Å². The molecular weight excluding hydrogens is 248 g/mol. The van der Waals surface area contributed by atoms with Crippen molar-refractivity contribution in [2.45, 2.75) is 0 Å². The number of nitrogens with zero attached hydrogens (tertiary/aromatic N) is 1. The summed E-state index contributed by atoms with van der Waals surface area (Å²) in [6.07, 6.45) is 0. The second-order valence-electron chi connectivity index (χ2n) is 4.81. The molecule has 3 heteroatoms. The van der Waals surface area contributed by atoms with E-state index in [1.54, 1.807) is 12.1 Å². The number of aromatic hydroxyl groups is 1. The van der Waals surface area contributed by atoms with E-state index in [9.17, 15) is 5.11 Å². The van der Waals surface area contributed by atoms with E-state index in [0.717, 1.165) is 22.8 Å². The summed E-state index contributed by atoms with van der Waals surface area (Å²) in [5, 5.41) is 15.0. The van der Waals surface area contributed by atoms with Crippen LogP contribution in [0.3, 0.4) is 0 Å². The average Bonchev–Trinajstić information content (AvgIpc) is 2.82. The third-order valence-electron chi connectivity index (χ3n) is 3.50. The van der Waals surface area contributed by atoms with Crippen molar-refractivity contribution in [2.24, 2.45) is 4.99 Å². The molecule has 3 nitrogen and oxygen atoms in total. The minimum atomic E-state index is 0.259. The van der Waals surface area contributed by atoms with E-state index in [0.29, 0.717) is 0 Å². The zero-order chi connectivity index (χ0) is 13.5. The zero-order valence-electron chi connectivity index (χ0n) is 10.7. The summed E-state index contributed by atoms with van der Waals surface area (Å²) in [6.45, 7) is 0. The molecule has 1 aliphatic rings. The number of anilines is 1. The fraction of sp³-hybridized carbons (Fsp3) is 0. The third kappa shape index (κ3) is 1.64. The van der Waals surface area contributed by atoms with Gasteiger partial charge in [-0.05, 0) is 35.7 Å². The van der Waals surface area contributed by atoms with Crippen molar-refractivity contribution in [3.8, 4) is 5.75 Å². The fourth-order valence-corrected chi connectivity index (χ4v) is 2.57. The van der Waals surface area contributed by atoms with Crippen molar-refractivity contribution in [1.82, 2.24) is 0 Å². The largest absolute Gasteiger partial charge is 0.508 e. The summed E-state index contributed by atoms with van der Waals surface area (Å²) in [5.41, 5.74) is 3.02. The van der Waals surface area contributed by atoms with Gasteiger partial charge in [0, 0.05) is 16.6 Å².